The third-order valence-corrected chi connectivity index (χ3v) is 6.27. The fourth-order valence-corrected chi connectivity index (χ4v) is 4.10. The summed E-state index contributed by atoms with van der Waals surface area (Å²) in [6.07, 6.45) is 4.43. The molecule has 1 heterocycles. The summed E-state index contributed by atoms with van der Waals surface area (Å²) < 4.78 is 22.6. The maximum Gasteiger partial charge on any atom is 0.191 e. The number of likely N-dealkylation sites (tertiary alicyclic amines) is 1. The van der Waals surface area contributed by atoms with Gasteiger partial charge >= 0.3 is 0 Å². The van der Waals surface area contributed by atoms with Gasteiger partial charge in [-0.3, -0.25) is 9.89 Å². The molecule has 1 aromatic rings. The summed E-state index contributed by atoms with van der Waals surface area (Å²) in [5.41, 5.74) is 2.55. The van der Waals surface area contributed by atoms with Crippen molar-refractivity contribution in [1.82, 2.24) is 15.5 Å². The number of sulfone groups is 1. The molecule has 0 aliphatic carbocycles. The summed E-state index contributed by atoms with van der Waals surface area (Å²) in [7, 11) is -1.22. The second-order valence-electron chi connectivity index (χ2n) is 8.16. The monoisotopic (exact) mass is 408 g/mol. The van der Waals surface area contributed by atoms with E-state index in [2.05, 4.69) is 51.7 Å². The summed E-state index contributed by atoms with van der Waals surface area (Å²) in [5, 5.41) is 6.54. The lowest BCUT2D eigenvalue weighted by atomic mass is 9.99. The molecule has 0 radical (unpaired) electrons. The van der Waals surface area contributed by atoms with Crippen molar-refractivity contribution >= 4 is 15.8 Å². The minimum Gasteiger partial charge on any atom is -0.354 e. The van der Waals surface area contributed by atoms with Gasteiger partial charge in [0.05, 0.1) is 5.75 Å². The van der Waals surface area contributed by atoms with Gasteiger partial charge in [-0.05, 0) is 56.3 Å². The smallest absolute Gasteiger partial charge is 0.191 e. The number of guanidine groups is 1. The van der Waals surface area contributed by atoms with Crippen molar-refractivity contribution in [3.63, 3.8) is 0 Å². The first-order valence-electron chi connectivity index (χ1n) is 10.2. The number of rotatable bonds is 8. The van der Waals surface area contributed by atoms with Crippen LogP contribution in [0.1, 0.15) is 44.2 Å². The van der Waals surface area contributed by atoms with E-state index in [-0.39, 0.29) is 11.8 Å². The van der Waals surface area contributed by atoms with E-state index in [1.165, 1.54) is 43.3 Å². The van der Waals surface area contributed by atoms with E-state index >= 15 is 0 Å². The van der Waals surface area contributed by atoms with Gasteiger partial charge in [0.15, 0.2) is 5.96 Å². The van der Waals surface area contributed by atoms with Crippen LogP contribution in [0.25, 0.3) is 0 Å². The lowest BCUT2D eigenvalue weighted by Gasteiger charge is -2.30. The molecule has 6 nitrogen and oxygen atoms in total. The molecule has 1 unspecified atom stereocenters. The second kappa shape index (κ2) is 10.8. The Labute approximate surface area is 170 Å². The summed E-state index contributed by atoms with van der Waals surface area (Å²) in [6, 6.07) is 8.78. The molecular weight excluding hydrogens is 372 g/mol. The summed E-state index contributed by atoms with van der Waals surface area (Å²) >= 11 is 0. The number of hydrogen-bond donors (Lipinski definition) is 2. The van der Waals surface area contributed by atoms with Crippen LogP contribution < -0.4 is 10.6 Å². The highest BCUT2D eigenvalue weighted by atomic mass is 32.2. The fraction of sp³-hybridized carbons (Fsp3) is 0.667. The highest BCUT2D eigenvalue weighted by molar-refractivity contribution is 7.90. The molecule has 28 heavy (non-hydrogen) atoms. The molecule has 0 aromatic heterocycles. The van der Waals surface area contributed by atoms with E-state index in [9.17, 15) is 8.42 Å². The van der Waals surface area contributed by atoms with Crippen LogP contribution in [0, 0.1) is 5.92 Å². The van der Waals surface area contributed by atoms with Crippen molar-refractivity contribution in [2.75, 3.05) is 32.1 Å². The standard InChI is InChI=1S/C21H36N4O2S/c1-17-9-12-25(13-10-17)16-20-7-5-19(6-8-20)15-23-21(22-3)24-18(2)11-14-28(4,26)27/h5-8,17-18H,9-16H2,1-4H3,(H2,22,23,24). The molecule has 0 saturated carbocycles. The molecule has 2 rings (SSSR count). The van der Waals surface area contributed by atoms with Crippen molar-refractivity contribution in [1.29, 1.82) is 0 Å². The number of hydrogen-bond acceptors (Lipinski definition) is 4. The van der Waals surface area contributed by atoms with Crippen LogP contribution in [0.5, 0.6) is 0 Å². The molecule has 1 aromatic carbocycles. The van der Waals surface area contributed by atoms with Gasteiger partial charge in [0.1, 0.15) is 9.84 Å². The van der Waals surface area contributed by atoms with Crippen LogP contribution in [-0.2, 0) is 22.9 Å². The quantitative estimate of drug-likeness (QED) is 0.510. The predicted molar refractivity (Wildman–Crippen MR) is 117 cm³/mol. The molecule has 0 amide bonds. The van der Waals surface area contributed by atoms with Gasteiger partial charge in [-0.15, -0.1) is 0 Å². The number of piperidine rings is 1. The van der Waals surface area contributed by atoms with Gasteiger partial charge in [0.25, 0.3) is 0 Å². The summed E-state index contributed by atoms with van der Waals surface area (Å²) in [4.78, 5) is 6.77. The molecule has 1 aliphatic rings. The van der Waals surface area contributed by atoms with Crippen LogP contribution in [0.3, 0.4) is 0 Å². The zero-order valence-corrected chi connectivity index (χ0v) is 18.6. The molecular formula is C21H36N4O2S. The zero-order valence-electron chi connectivity index (χ0n) is 17.7. The Morgan fingerprint density at radius 1 is 1.21 bits per heavy atom. The van der Waals surface area contributed by atoms with E-state index in [1.54, 1.807) is 7.05 Å². The first-order chi connectivity index (χ1) is 13.2. The molecule has 1 saturated heterocycles. The van der Waals surface area contributed by atoms with Gasteiger partial charge in [0, 0.05) is 32.4 Å². The number of benzene rings is 1. The fourth-order valence-electron chi connectivity index (χ4n) is 3.32. The van der Waals surface area contributed by atoms with Crippen LogP contribution >= 0.6 is 0 Å². The largest absolute Gasteiger partial charge is 0.354 e. The van der Waals surface area contributed by atoms with Gasteiger partial charge in [-0.1, -0.05) is 31.2 Å². The maximum absolute atomic E-state index is 11.3. The van der Waals surface area contributed by atoms with E-state index in [4.69, 9.17) is 0 Å². The van der Waals surface area contributed by atoms with Gasteiger partial charge in [-0.2, -0.15) is 0 Å². The zero-order chi connectivity index (χ0) is 20.6. The van der Waals surface area contributed by atoms with Gasteiger partial charge in [0.2, 0.25) is 0 Å². The SMILES string of the molecule is CN=C(NCc1ccc(CN2CCC(C)CC2)cc1)NC(C)CCS(C)(=O)=O. The Hall–Kier alpha value is -1.60. The number of nitrogens with zero attached hydrogens (tertiary/aromatic N) is 2. The van der Waals surface area contributed by atoms with Crippen molar-refractivity contribution in [3.05, 3.63) is 35.4 Å². The van der Waals surface area contributed by atoms with E-state index in [0.29, 0.717) is 18.9 Å². The van der Waals surface area contributed by atoms with Gasteiger partial charge in [-0.25, -0.2) is 8.42 Å². The molecule has 2 N–H and O–H groups in total. The first kappa shape index (κ1) is 22.7. The van der Waals surface area contributed by atoms with Crippen LogP contribution in [0.4, 0.5) is 0 Å². The summed E-state index contributed by atoms with van der Waals surface area (Å²) in [5.74, 6) is 1.73. The molecule has 1 fully saturated rings. The Morgan fingerprint density at radius 2 is 1.82 bits per heavy atom. The van der Waals surface area contributed by atoms with Gasteiger partial charge < -0.3 is 10.6 Å². The highest BCUT2D eigenvalue weighted by Crippen LogP contribution is 2.18. The van der Waals surface area contributed by atoms with E-state index < -0.39 is 9.84 Å². The number of nitrogens with one attached hydrogen (secondary N) is 2. The molecule has 7 heteroatoms. The predicted octanol–water partition coefficient (Wildman–Crippen LogP) is 2.41. The molecule has 1 atom stereocenters. The number of aliphatic imine (C=N–C) groups is 1. The van der Waals surface area contributed by atoms with Crippen LogP contribution in [0.2, 0.25) is 0 Å². The minimum atomic E-state index is -2.94. The Morgan fingerprint density at radius 3 is 2.39 bits per heavy atom. The molecule has 158 valence electrons. The Bertz CT molecular complexity index is 723. The molecule has 0 spiro atoms. The third-order valence-electron chi connectivity index (χ3n) is 5.29. The van der Waals surface area contributed by atoms with E-state index in [0.717, 1.165) is 12.5 Å². The highest BCUT2D eigenvalue weighted by Gasteiger charge is 2.15. The Kier molecular flexibility index (Phi) is 8.76. The molecule has 1 aliphatic heterocycles. The third kappa shape index (κ3) is 8.61. The normalized spacial score (nSPS) is 18.1. The van der Waals surface area contributed by atoms with Crippen molar-refractivity contribution in [2.24, 2.45) is 10.9 Å². The van der Waals surface area contributed by atoms with Crippen molar-refractivity contribution in [2.45, 2.75) is 52.2 Å². The lowest BCUT2D eigenvalue weighted by molar-refractivity contribution is 0.185. The van der Waals surface area contributed by atoms with Crippen LogP contribution in [0.15, 0.2) is 29.3 Å². The maximum atomic E-state index is 11.3. The minimum absolute atomic E-state index is 0.0376. The van der Waals surface area contributed by atoms with Crippen molar-refractivity contribution < 1.29 is 8.42 Å². The average Bonchev–Trinajstić information content (AvgIpc) is 2.66. The average molecular weight is 409 g/mol. The van der Waals surface area contributed by atoms with E-state index in [1.807, 2.05) is 6.92 Å². The molecule has 0 bridgehead atoms. The Balaban J connectivity index is 1.76. The lowest BCUT2D eigenvalue weighted by Crippen LogP contribution is -2.42. The van der Waals surface area contributed by atoms with Crippen LogP contribution in [-0.4, -0.2) is 57.5 Å². The topological polar surface area (TPSA) is 73.8 Å². The summed E-state index contributed by atoms with van der Waals surface area (Å²) in [6.45, 7) is 8.41. The first-order valence-corrected chi connectivity index (χ1v) is 12.3. The second-order valence-corrected chi connectivity index (χ2v) is 10.4. The van der Waals surface area contributed by atoms with Crippen molar-refractivity contribution in [3.8, 4) is 0 Å².